The number of carbonyl (C=O) groups excluding carboxylic acids is 1. The van der Waals surface area contributed by atoms with Gasteiger partial charge in [0.05, 0.1) is 0 Å². The Labute approximate surface area is 62.5 Å². The molecule has 0 aliphatic rings. The summed E-state index contributed by atoms with van der Waals surface area (Å²) in [7, 11) is 0. The standard InChI is InChI=1S/C6H4N4O/c7-3-5-9-2-1-4(10-5)6(8)11/h1-2H,(H2,8,11). The predicted molar refractivity (Wildman–Crippen MR) is 35.3 cm³/mol. The van der Waals surface area contributed by atoms with E-state index in [4.69, 9.17) is 11.0 Å². The minimum absolute atomic E-state index is 0.0524. The first-order valence-electron chi connectivity index (χ1n) is 2.77. The molecule has 0 spiro atoms. The molecule has 0 fully saturated rings. The summed E-state index contributed by atoms with van der Waals surface area (Å²) in [5.41, 5.74) is 4.95. The van der Waals surface area contributed by atoms with Gasteiger partial charge in [-0.1, -0.05) is 0 Å². The lowest BCUT2D eigenvalue weighted by molar-refractivity contribution is 0.0995. The van der Waals surface area contributed by atoms with Crippen LogP contribution >= 0.6 is 0 Å². The van der Waals surface area contributed by atoms with Gasteiger partial charge in [-0.25, -0.2) is 9.97 Å². The molecule has 5 heteroatoms. The Hall–Kier alpha value is -1.96. The number of hydrogen-bond donors (Lipinski definition) is 1. The highest BCUT2D eigenvalue weighted by atomic mass is 16.1. The van der Waals surface area contributed by atoms with Gasteiger partial charge in [-0.05, 0) is 6.07 Å². The summed E-state index contributed by atoms with van der Waals surface area (Å²) in [6.07, 6.45) is 1.31. The molecule has 1 heterocycles. The van der Waals surface area contributed by atoms with Crippen molar-refractivity contribution in [3.63, 3.8) is 0 Å². The first kappa shape index (κ1) is 7.15. The van der Waals surface area contributed by atoms with Gasteiger partial charge in [0.1, 0.15) is 11.8 Å². The zero-order valence-electron chi connectivity index (χ0n) is 5.48. The van der Waals surface area contributed by atoms with Crippen molar-refractivity contribution in [2.45, 2.75) is 0 Å². The third kappa shape index (κ3) is 1.49. The number of aromatic nitrogens is 2. The largest absolute Gasteiger partial charge is 0.364 e. The molecular formula is C6H4N4O. The van der Waals surface area contributed by atoms with E-state index < -0.39 is 5.91 Å². The fourth-order valence-electron chi connectivity index (χ4n) is 0.550. The molecule has 54 valence electrons. The van der Waals surface area contributed by atoms with Crippen LogP contribution in [-0.2, 0) is 0 Å². The van der Waals surface area contributed by atoms with E-state index in [0.29, 0.717) is 0 Å². The number of hydrogen-bond acceptors (Lipinski definition) is 4. The Bertz CT molecular complexity index is 328. The molecule has 1 amide bonds. The minimum atomic E-state index is -0.663. The molecule has 0 bridgehead atoms. The molecule has 0 aromatic carbocycles. The van der Waals surface area contributed by atoms with Crippen LogP contribution in [0.4, 0.5) is 0 Å². The van der Waals surface area contributed by atoms with Crippen LogP contribution in [0.15, 0.2) is 12.3 Å². The fraction of sp³-hybridized carbons (Fsp3) is 0. The van der Waals surface area contributed by atoms with E-state index >= 15 is 0 Å². The van der Waals surface area contributed by atoms with Gasteiger partial charge >= 0.3 is 0 Å². The summed E-state index contributed by atoms with van der Waals surface area (Å²) < 4.78 is 0. The van der Waals surface area contributed by atoms with Crippen LogP contribution in [0.2, 0.25) is 0 Å². The van der Waals surface area contributed by atoms with E-state index in [-0.39, 0.29) is 11.5 Å². The first-order chi connectivity index (χ1) is 5.24. The molecular weight excluding hydrogens is 144 g/mol. The van der Waals surface area contributed by atoms with Crippen LogP contribution in [0.5, 0.6) is 0 Å². The Morgan fingerprint density at radius 1 is 1.73 bits per heavy atom. The Balaban J connectivity index is 3.13. The predicted octanol–water partition coefficient (Wildman–Crippen LogP) is -0.553. The topological polar surface area (TPSA) is 92.7 Å². The SMILES string of the molecule is N#Cc1nccc(C(N)=O)n1. The van der Waals surface area contributed by atoms with Crippen LogP contribution in [0.3, 0.4) is 0 Å². The van der Waals surface area contributed by atoms with Crippen LogP contribution in [0.1, 0.15) is 16.3 Å². The van der Waals surface area contributed by atoms with Crippen molar-refractivity contribution in [2.75, 3.05) is 0 Å². The number of amides is 1. The van der Waals surface area contributed by atoms with Gasteiger partial charge in [-0.15, -0.1) is 0 Å². The summed E-state index contributed by atoms with van der Waals surface area (Å²) in [6, 6.07) is 3.04. The van der Waals surface area contributed by atoms with Gasteiger partial charge < -0.3 is 5.73 Å². The number of carbonyl (C=O) groups is 1. The molecule has 0 aliphatic heterocycles. The number of nitriles is 1. The zero-order chi connectivity index (χ0) is 8.27. The van der Waals surface area contributed by atoms with Crippen LogP contribution in [0.25, 0.3) is 0 Å². The van der Waals surface area contributed by atoms with E-state index in [1.54, 1.807) is 6.07 Å². The molecule has 0 saturated carbocycles. The average molecular weight is 148 g/mol. The molecule has 1 aromatic rings. The fourth-order valence-corrected chi connectivity index (χ4v) is 0.550. The molecule has 1 aromatic heterocycles. The molecule has 1 rings (SSSR count). The summed E-state index contributed by atoms with van der Waals surface area (Å²) >= 11 is 0. The number of nitrogens with zero attached hydrogens (tertiary/aromatic N) is 3. The quantitative estimate of drug-likeness (QED) is 0.578. The van der Waals surface area contributed by atoms with Crippen LogP contribution in [-0.4, -0.2) is 15.9 Å². The highest BCUT2D eigenvalue weighted by molar-refractivity contribution is 5.90. The van der Waals surface area contributed by atoms with Crippen molar-refractivity contribution < 1.29 is 4.79 Å². The molecule has 0 radical (unpaired) electrons. The second-order valence-corrected chi connectivity index (χ2v) is 1.74. The van der Waals surface area contributed by atoms with Crippen molar-refractivity contribution in [3.05, 3.63) is 23.8 Å². The second-order valence-electron chi connectivity index (χ2n) is 1.74. The molecule has 0 unspecified atom stereocenters. The summed E-state index contributed by atoms with van der Waals surface area (Å²) in [5.74, 6) is -0.717. The third-order valence-corrected chi connectivity index (χ3v) is 1.01. The van der Waals surface area contributed by atoms with Crippen molar-refractivity contribution >= 4 is 5.91 Å². The number of rotatable bonds is 1. The van der Waals surface area contributed by atoms with E-state index in [0.717, 1.165) is 0 Å². The van der Waals surface area contributed by atoms with Crippen molar-refractivity contribution in [1.29, 1.82) is 5.26 Å². The van der Waals surface area contributed by atoms with Gasteiger partial charge in [0.2, 0.25) is 5.82 Å². The second kappa shape index (κ2) is 2.75. The van der Waals surface area contributed by atoms with E-state index in [1.165, 1.54) is 12.3 Å². The Kier molecular flexibility index (Phi) is 1.79. The smallest absolute Gasteiger partial charge is 0.267 e. The Morgan fingerprint density at radius 3 is 3.00 bits per heavy atom. The van der Waals surface area contributed by atoms with Gasteiger partial charge in [-0.2, -0.15) is 5.26 Å². The normalized spacial score (nSPS) is 8.64. The molecule has 0 aliphatic carbocycles. The summed E-state index contributed by atoms with van der Waals surface area (Å²) in [4.78, 5) is 17.6. The molecule has 0 atom stereocenters. The van der Waals surface area contributed by atoms with Gasteiger partial charge in [-0.3, -0.25) is 4.79 Å². The van der Waals surface area contributed by atoms with Crippen LogP contribution in [0, 0.1) is 11.3 Å². The monoisotopic (exact) mass is 148 g/mol. The lowest BCUT2D eigenvalue weighted by atomic mass is 10.4. The molecule has 0 saturated heterocycles. The summed E-state index contributed by atoms with van der Waals surface area (Å²) in [5, 5.41) is 8.32. The lowest BCUT2D eigenvalue weighted by Crippen LogP contribution is -2.13. The molecule has 2 N–H and O–H groups in total. The van der Waals surface area contributed by atoms with Crippen molar-refractivity contribution in [3.8, 4) is 6.07 Å². The maximum Gasteiger partial charge on any atom is 0.267 e. The summed E-state index contributed by atoms with van der Waals surface area (Å²) in [6.45, 7) is 0. The van der Waals surface area contributed by atoms with Crippen molar-refractivity contribution in [1.82, 2.24) is 9.97 Å². The highest BCUT2D eigenvalue weighted by Gasteiger charge is 2.02. The van der Waals surface area contributed by atoms with Gasteiger partial charge in [0, 0.05) is 6.20 Å². The zero-order valence-corrected chi connectivity index (χ0v) is 5.48. The lowest BCUT2D eigenvalue weighted by Gasteiger charge is -1.91. The van der Waals surface area contributed by atoms with E-state index in [1.807, 2.05) is 0 Å². The Morgan fingerprint density at radius 2 is 2.45 bits per heavy atom. The average Bonchev–Trinajstić information content (AvgIpc) is 2.05. The van der Waals surface area contributed by atoms with Gasteiger partial charge in [0.25, 0.3) is 5.91 Å². The van der Waals surface area contributed by atoms with Gasteiger partial charge in [0.15, 0.2) is 0 Å². The van der Waals surface area contributed by atoms with Crippen LogP contribution < -0.4 is 5.73 Å². The minimum Gasteiger partial charge on any atom is -0.364 e. The van der Waals surface area contributed by atoms with Crippen molar-refractivity contribution in [2.24, 2.45) is 5.73 Å². The van der Waals surface area contributed by atoms with E-state index in [2.05, 4.69) is 9.97 Å². The maximum atomic E-state index is 10.5. The third-order valence-electron chi connectivity index (χ3n) is 1.01. The first-order valence-corrected chi connectivity index (χ1v) is 2.77. The van der Waals surface area contributed by atoms with E-state index in [9.17, 15) is 4.79 Å². The highest BCUT2D eigenvalue weighted by Crippen LogP contribution is 1.91. The molecule has 11 heavy (non-hydrogen) atoms. The number of nitrogens with two attached hydrogens (primary N) is 1. The molecule has 5 nitrogen and oxygen atoms in total. The number of primary amides is 1. The maximum absolute atomic E-state index is 10.5.